The molecule has 4 heteroatoms. The van der Waals surface area contributed by atoms with E-state index in [1.165, 1.54) is 12.5 Å². The predicted octanol–water partition coefficient (Wildman–Crippen LogP) is 5.64. The third-order valence-electron chi connectivity index (χ3n) is 4.80. The van der Waals surface area contributed by atoms with Crippen molar-refractivity contribution in [1.82, 2.24) is 0 Å². The van der Waals surface area contributed by atoms with E-state index in [-0.39, 0.29) is 5.56 Å². The summed E-state index contributed by atoms with van der Waals surface area (Å²) in [7, 11) is 0. The highest BCUT2D eigenvalue weighted by atomic mass is 35.5. The van der Waals surface area contributed by atoms with Crippen molar-refractivity contribution in [1.29, 1.82) is 0 Å². The van der Waals surface area contributed by atoms with Crippen molar-refractivity contribution >= 4 is 17.9 Å². The first-order chi connectivity index (χ1) is 11.7. The molecule has 3 rings (SSSR count). The minimum absolute atomic E-state index is 0.0115. The molecule has 0 saturated heterocycles. The van der Waals surface area contributed by atoms with E-state index in [1.54, 1.807) is 12.1 Å². The van der Waals surface area contributed by atoms with Crippen molar-refractivity contribution in [3.8, 4) is 5.75 Å². The van der Waals surface area contributed by atoms with E-state index in [2.05, 4.69) is 6.07 Å². The monoisotopic (exact) mass is 346 g/mol. The second-order valence-corrected chi connectivity index (χ2v) is 6.66. The Kier molecular flexibility index (Phi) is 5.52. The average molecular weight is 347 g/mol. The molecule has 2 aromatic rings. The normalized spacial score (nSPS) is 20.6. The Morgan fingerprint density at radius 2 is 1.92 bits per heavy atom. The fourth-order valence-corrected chi connectivity index (χ4v) is 3.82. The van der Waals surface area contributed by atoms with Gasteiger partial charge in [-0.3, -0.25) is 4.79 Å². The number of halogens is 2. The molecular weight excluding hydrogens is 327 g/mol. The van der Waals surface area contributed by atoms with Crippen LogP contribution in [0.4, 0.5) is 4.39 Å². The maximum Gasteiger partial charge on any atom is 0.156 e. The van der Waals surface area contributed by atoms with Gasteiger partial charge >= 0.3 is 0 Å². The molecule has 2 unspecified atom stereocenters. The zero-order chi connectivity index (χ0) is 16.9. The fourth-order valence-electron chi connectivity index (χ4n) is 3.55. The van der Waals surface area contributed by atoms with Crippen molar-refractivity contribution in [3.63, 3.8) is 0 Å². The molecule has 1 aliphatic carbocycles. The summed E-state index contributed by atoms with van der Waals surface area (Å²) in [5.74, 6) is 0.407. The van der Waals surface area contributed by atoms with Gasteiger partial charge in [-0.25, -0.2) is 4.39 Å². The summed E-state index contributed by atoms with van der Waals surface area (Å²) in [6.07, 6.45) is 4.95. The van der Waals surface area contributed by atoms with Crippen LogP contribution in [0.2, 0.25) is 5.02 Å². The molecule has 1 aliphatic rings. The lowest BCUT2D eigenvalue weighted by atomic mass is 9.76. The molecule has 0 bridgehead atoms. The number of hydrogen-bond acceptors (Lipinski definition) is 2. The first kappa shape index (κ1) is 17.0. The standard InChI is InChI=1S/C20H20ClFO2/c21-18-9-4-3-8-16(18)15-7-2-1-6-14(15)13-24-20-11-5-10-19(22)17(20)12-23/h3-5,8-12,14-15H,1-2,6-7,13H2. The third-order valence-corrected chi connectivity index (χ3v) is 5.14. The minimum atomic E-state index is -0.547. The zero-order valence-electron chi connectivity index (χ0n) is 13.4. The van der Waals surface area contributed by atoms with Crippen molar-refractivity contribution in [2.75, 3.05) is 6.61 Å². The number of carbonyl (C=O) groups excluding carboxylic acids is 1. The van der Waals surface area contributed by atoms with E-state index in [9.17, 15) is 9.18 Å². The van der Waals surface area contributed by atoms with E-state index in [0.717, 1.165) is 29.8 Å². The Morgan fingerprint density at radius 1 is 1.12 bits per heavy atom. The van der Waals surface area contributed by atoms with E-state index in [4.69, 9.17) is 16.3 Å². The molecule has 0 radical (unpaired) electrons. The number of aldehydes is 1. The largest absolute Gasteiger partial charge is 0.492 e. The summed E-state index contributed by atoms with van der Waals surface area (Å²) in [5, 5.41) is 0.786. The van der Waals surface area contributed by atoms with Gasteiger partial charge in [0.15, 0.2) is 6.29 Å². The topological polar surface area (TPSA) is 26.3 Å². The summed E-state index contributed by atoms with van der Waals surface area (Å²) >= 11 is 6.37. The van der Waals surface area contributed by atoms with Gasteiger partial charge in [0.25, 0.3) is 0 Å². The molecule has 1 fully saturated rings. The van der Waals surface area contributed by atoms with Gasteiger partial charge in [-0.15, -0.1) is 0 Å². The highest BCUT2D eigenvalue weighted by Gasteiger charge is 2.28. The molecule has 0 aliphatic heterocycles. The Bertz CT molecular complexity index is 717. The molecule has 1 saturated carbocycles. The predicted molar refractivity (Wildman–Crippen MR) is 93.4 cm³/mol. The van der Waals surface area contributed by atoms with Gasteiger partial charge in [-0.2, -0.15) is 0 Å². The Balaban J connectivity index is 1.77. The molecule has 0 heterocycles. The van der Waals surface area contributed by atoms with Crippen molar-refractivity contribution in [2.24, 2.45) is 5.92 Å². The fraction of sp³-hybridized carbons (Fsp3) is 0.350. The van der Waals surface area contributed by atoms with Gasteiger partial charge in [0.05, 0.1) is 12.2 Å². The van der Waals surface area contributed by atoms with E-state index < -0.39 is 5.82 Å². The van der Waals surface area contributed by atoms with Gasteiger partial charge in [-0.05, 0) is 48.4 Å². The number of rotatable bonds is 5. The van der Waals surface area contributed by atoms with Crippen molar-refractivity contribution < 1.29 is 13.9 Å². The molecule has 2 nitrogen and oxygen atoms in total. The lowest BCUT2D eigenvalue weighted by molar-refractivity contribution is 0.111. The molecule has 24 heavy (non-hydrogen) atoms. The van der Waals surface area contributed by atoms with Crippen molar-refractivity contribution in [2.45, 2.75) is 31.6 Å². The molecule has 0 N–H and O–H groups in total. The number of carbonyl (C=O) groups is 1. The summed E-state index contributed by atoms with van der Waals surface area (Å²) in [5.41, 5.74) is 1.14. The highest BCUT2D eigenvalue weighted by molar-refractivity contribution is 6.31. The quantitative estimate of drug-likeness (QED) is 0.654. The number of benzene rings is 2. The molecule has 2 atom stereocenters. The molecular formula is C20H20ClFO2. The van der Waals surface area contributed by atoms with E-state index in [1.807, 2.05) is 18.2 Å². The highest BCUT2D eigenvalue weighted by Crippen LogP contribution is 2.40. The van der Waals surface area contributed by atoms with Gasteiger partial charge in [-0.1, -0.05) is 48.7 Å². The maximum atomic E-state index is 13.7. The van der Waals surface area contributed by atoms with Crippen LogP contribution in [0.15, 0.2) is 42.5 Å². The zero-order valence-corrected chi connectivity index (χ0v) is 14.1. The smallest absolute Gasteiger partial charge is 0.156 e. The first-order valence-corrected chi connectivity index (χ1v) is 8.69. The second kappa shape index (κ2) is 7.80. The SMILES string of the molecule is O=Cc1c(F)cccc1OCC1CCCCC1c1ccccc1Cl. The summed E-state index contributed by atoms with van der Waals surface area (Å²) in [6, 6.07) is 12.4. The minimum Gasteiger partial charge on any atom is -0.492 e. The van der Waals surface area contributed by atoms with E-state index in [0.29, 0.717) is 30.5 Å². The first-order valence-electron chi connectivity index (χ1n) is 8.31. The van der Waals surface area contributed by atoms with Crippen LogP contribution in [0.25, 0.3) is 0 Å². The summed E-state index contributed by atoms with van der Waals surface area (Å²) < 4.78 is 19.5. The van der Waals surface area contributed by atoms with Crippen molar-refractivity contribution in [3.05, 3.63) is 64.4 Å². The molecule has 0 aromatic heterocycles. The molecule has 0 spiro atoms. The lowest BCUT2D eigenvalue weighted by Crippen LogP contribution is -2.24. The van der Waals surface area contributed by atoms with Crippen LogP contribution in [-0.2, 0) is 0 Å². The Hall–Kier alpha value is -1.87. The van der Waals surface area contributed by atoms with Gasteiger partial charge in [0, 0.05) is 5.02 Å². The van der Waals surface area contributed by atoms with Crippen LogP contribution in [-0.4, -0.2) is 12.9 Å². The van der Waals surface area contributed by atoms with Gasteiger partial charge in [0.2, 0.25) is 0 Å². The molecule has 2 aromatic carbocycles. The summed E-state index contributed by atoms with van der Waals surface area (Å²) in [6.45, 7) is 0.459. The van der Waals surface area contributed by atoms with Crippen LogP contribution in [0.5, 0.6) is 5.75 Å². The number of hydrogen-bond donors (Lipinski definition) is 0. The van der Waals surface area contributed by atoms with Crippen LogP contribution < -0.4 is 4.74 Å². The average Bonchev–Trinajstić information content (AvgIpc) is 2.61. The van der Waals surface area contributed by atoms with Crippen LogP contribution in [0, 0.1) is 11.7 Å². The second-order valence-electron chi connectivity index (χ2n) is 6.25. The molecule has 0 amide bonds. The Labute approximate surface area is 146 Å². The summed E-state index contributed by atoms with van der Waals surface area (Å²) in [4.78, 5) is 11.1. The molecule has 126 valence electrons. The third kappa shape index (κ3) is 3.62. The van der Waals surface area contributed by atoms with Gasteiger partial charge < -0.3 is 4.74 Å². The lowest BCUT2D eigenvalue weighted by Gasteiger charge is -2.32. The van der Waals surface area contributed by atoms with Gasteiger partial charge in [0.1, 0.15) is 11.6 Å². The number of ether oxygens (including phenoxy) is 1. The Morgan fingerprint density at radius 3 is 2.71 bits per heavy atom. The van der Waals surface area contributed by atoms with Crippen LogP contribution in [0.1, 0.15) is 47.5 Å². The van der Waals surface area contributed by atoms with Crippen LogP contribution in [0.3, 0.4) is 0 Å². The van der Waals surface area contributed by atoms with Crippen LogP contribution >= 0.6 is 11.6 Å². The van der Waals surface area contributed by atoms with E-state index >= 15 is 0 Å². The maximum absolute atomic E-state index is 13.7.